The highest BCUT2D eigenvalue weighted by atomic mass is 16.5. The van der Waals surface area contributed by atoms with Crippen molar-refractivity contribution >= 4 is 17.4 Å². The van der Waals surface area contributed by atoms with E-state index >= 15 is 0 Å². The van der Waals surface area contributed by atoms with Gasteiger partial charge in [0.2, 0.25) is 5.88 Å². The number of aromatic nitrogens is 6. The third kappa shape index (κ3) is 3.31. The summed E-state index contributed by atoms with van der Waals surface area (Å²) in [5, 5.41) is 4.38. The van der Waals surface area contributed by atoms with Crippen molar-refractivity contribution in [1.29, 1.82) is 0 Å². The fourth-order valence-electron chi connectivity index (χ4n) is 3.53. The molecule has 0 spiro atoms. The van der Waals surface area contributed by atoms with Crippen molar-refractivity contribution in [2.24, 2.45) is 0 Å². The lowest BCUT2D eigenvalue weighted by Gasteiger charge is -2.36. The van der Waals surface area contributed by atoms with E-state index in [1.165, 1.54) is 0 Å². The van der Waals surface area contributed by atoms with Gasteiger partial charge in [0.1, 0.15) is 12.1 Å². The Balaban J connectivity index is 1.42. The molecule has 1 saturated heterocycles. The molecular formula is C20H20N8O. The number of hydrogen-bond donors (Lipinski definition) is 0. The molecule has 5 rings (SSSR count). The van der Waals surface area contributed by atoms with Gasteiger partial charge in [-0.25, -0.2) is 4.98 Å². The maximum Gasteiger partial charge on any atom is 0.254 e. The topological polar surface area (TPSA) is 84.6 Å². The average Bonchev–Trinajstić information content (AvgIpc) is 3.28. The lowest BCUT2D eigenvalue weighted by molar-refractivity contribution is 0.395. The molecular weight excluding hydrogens is 368 g/mol. The quantitative estimate of drug-likeness (QED) is 0.524. The molecule has 9 heteroatoms. The highest BCUT2D eigenvalue weighted by Gasteiger charge is 2.22. The van der Waals surface area contributed by atoms with Crippen LogP contribution in [0.15, 0.2) is 55.1 Å². The summed E-state index contributed by atoms with van der Waals surface area (Å²) in [5.74, 6) is 2.94. The molecule has 0 radical (unpaired) electrons. The standard InChI is InChI=1S/C20H20N8O/c1-29-18-13-21-12-17(25-18)26-7-9-27(10-8-26)19-11-16(15-5-3-2-4-6-15)24-20-22-14-23-28(19)20/h2-6,11-14H,7-10H2,1H3. The molecule has 9 nitrogen and oxygen atoms in total. The zero-order valence-electron chi connectivity index (χ0n) is 16.0. The third-order valence-corrected chi connectivity index (χ3v) is 5.04. The molecule has 0 saturated carbocycles. The van der Waals surface area contributed by atoms with Crippen LogP contribution < -0.4 is 14.5 Å². The van der Waals surface area contributed by atoms with Crippen LogP contribution in [0.5, 0.6) is 5.88 Å². The molecule has 0 aliphatic carbocycles. The molecule has 146 valence electrons. The van der Waals surface area contributed by atoms with E-state index < -0.39 is 0 Å². The molecule has 0 unspecified atom stereocenters. The van der Waals surface area contributed by atoms with Gasteiger partial charge in [0.05, 0.1) is 25.2 Å². The van der Waals surface area contributed by atoms with E-state index in [-0.39, 0.29) is 0 Å². The van der Waals surface area contributed by atoms with Crippen LogP contribution in [0.4, 0.5) is 11.6 Å². The minimum Gasteiger partial charge on any atom is -0.480 e. The lowest BCUT2D eigenvalue weighted by atomic mass is 10.1. The smallest absolute Gasteiger partial charge is 0.254 e. The molecule has 4 heterocycles. The van der Waals surface area contributed by atoms with Crippen molar-refractivity contribution in [3.8, 4) is 17.1 Å². The summed E-state index contributed by atoms with van der Waals surface area (Å²) < 4.78 is 6.99. The number of piperazine rings is 1. The van der Waals surface area contributed by atoms with Crippen molar-refractivity contribution < 1.29 is 4.74 Å². The van der Waals surface area contributed by atoms with Gasteiger partial charge in [-0.15, -0.1) is 0 Å². The Hall–Kier alpha value is -3.75. The Labute approximate surface area is 167 Å². The van der Waals surface area contributed by atoms with Crippen LogP contribution in [0.3, 0.4) is 0 Å². The Kier molecular flexibility index (Phi) is 4.39. The van der Waals surface area contributed by atoms with E-state index in [4.69, 9.17) is 4.74 Å². The van der Waals surface area contributed by atoms with Gasteiger partial charge in [-0.2, -0.15) is 19.6 Å². The highest BCUT2D eigenvalue weighted by molar-refractivity contribution is 5.66. The molecule has 0 bridgehead atoms. The average molecular weight is 388 g/mol. The number of ether oxygens (including phenoxy) is 1. The van der Waals surface area contributed by atoms with Gasteiger partial charge in [0.15, 0.2) is 5.82 Å². The van der Waals surface area contributed by atoms with Crippen LogP contribution in [0.1, 0.15) is 0 Å². The van der Waals surface area contributed by atoms with Crippen molar-refractivity contribution in [3.63, 3.8) is 0 Å². The Bertz CT molecular complexity index is 1120. The van der Waals surface area contributed by atoms with Gasteiger partial charge in [-0.1, -0.05) is 30.3 Å². The normalized spacial score (nSPS) is 14.4. The number of methoxy groups -OCH3 is 1. The molecule has 0 atom stereocenters. The Morgan fingerprint density at radius 3 is 2.52 bits per heavy atom. The first-order chi connectivity index (χ1) is 14.3. The predicted molar refractivity (Wildman–Crippen MR) is 109 cm³/mol. The number of rotatable bonds is 4. The number of hydrogen-bond acceptors (Lipinski definition) is 8. The first kappa shape index (κ1) is 17.4. The van der Waals surface area contributed by atoms with Gasteiger partial charge < -0.3 is 14.5 Å². The predicted octanol–water partition coefficient (Wildman–Crippen LogP) is 1.92. The second-order valence-corrected chi connectivity index (χ2v) is 6.73. The fraction of sp³-hybridized carbons (Fsp3) is 0.250. The van der Waals surface area contributed by atoms with Crippen LogP contribution in [-0.4, -0.2) is 62.8 Å². The first-order valence-electron chi connectivity index (χ1n) is 9.44. The molecule has 1 aliphatic heterocycles. The molecule has 0 N–H and O–H groups in total. The SMILES string of the molecule is COc1cncc(N2CCN(c3cc(-c4ccccc4)nc4ncnn34)CC2)n1. The third-order valence-electron chi connectivity index (χ3n) is 5.04. The molecule has 3 aromatic heterocycles. The van der Waals surface area contributed by atoms with E-state index in [1.54, 1.807) is 30.3 Å². The fourth-order valence-corrected chi connectivity index (χ4v) is 3.53. The molecule has 1 aliphatic rings. The first-order valence-corrected chi connectivity index (χ1v) is 9.44. The second kappa shape index (κ2) is 7.34. The maximum absolute atomic E-state index is 5.19. The van der Waals surface area contributed by atoms with E-state index in [2.05, 4.69) is 53.0 Å². The molecule has 1 fully saturated rings. The highest BCUT2D eigenvalue weighted by Crippen LogP contribution is 2.25. The molecule has 4 aromatic rings. The van der Waals surface area contributed by atoms with Gasteiger partial charge in [-0.3, -0.25) is 4.98 Å². The van der Waals surface area contributed by atoms with Gasteiger partial charge in [-0.05, 0) is 0 Å². The molecule has 0 amide bonds. The zero-order chi connectivity index (χ0) is 19.6. The minimum atomic E-state index is 0.524. The van der Waals surface area contributed by atoms with Crippen LogP contribution in [0, 0.1) is 0 Å². The largest absolute Gasteiger partial charge is 0.480 e. The number of fused-ring (bicyclic) bond motifs is 1. The van der Waals surface area contributed by atoms with Crippen molar-refractivity contribution in [1.82, 2.24) is 29.5 Å². The second-order valence-electron chi connectivity index (χ2n) is 6.73. The summed E-state index contributed by atoms with van der Waals surface area (Å²) in [5.41, 5.74) is 1.95. The summed E-state index contributed by atoms with van der Waals surface area (Å²) in [6, 6.07) is 12.2. The van der Waals surface area contributed by atoms with Crippen molar-refractivity contribution in [2.45, 2.75) is 0 Å². The summed E-state index contributed by atoms with van der Waals surface area (Å²) >= 11 is 0. The summed E-state index contributed by atoms with van der Waals surface area (Å²) in [6.07, 6.45) is 4.93. The van der Waals surface area contributed by atoms with Crippen molar-refractivity contribution in [2.75, 3.05) is 43.1 Å². The van der Waals surface area contributed by atoms with Crippen LogP contribution in [0.2, 0.25) is 0 Å². The van der Waals surface area contributed by atoms with Gasteiger partial charge in [0.25, 0.3) is 5.78 Å². The van der Waals surface area contributed by atoms with Crippen molar-refractivity contribution in [3.05, 3.63) is 55.1 Å². The van der Waals surface area contributed by atoms with Crippen LogP contribution in [-0.2, 0) is 0 Å². The lowest BCUT2D eigenvalue weighted by Crippen LogP contribution is -2.47. The zero-order valence-corrected chi connectivity index (χ0v) is 16.0. The maximum atomic E-state index is 5.19. The number of benzene rings is 1. The number of anilines is 2. The van der Waals surface area contributed by atoms with Gasteiger partial charge >= 0.3 is 0 Å². The summed E-state index contributed by atoms with van der Waals surface area (Å²) in [6.45, 7) is 3.29. The van der Waals surface area contributed by atoms with Gasteiger partial charge in [0, 0.05) is 37.8 Å². The minimum absolute atomic E-state index is 0.524. The van der Waals surface area contributed by atoms with E-state index in [0.29, 0.717) is 11.7 Å². The number of nitrogens with zero attached hydrogens (tertiary/aromatic N) is 8. The Morgan fingerprint density at radius 1 is 0.931 bits per heavy atom. The van der Waals surface area contributed by atoms with Crippen LogP contribution >= 0.6 is 0 Å². The van der Waals surface area contributed by atoms with E-state index in [9.17, 15) is 0 Å². The summed E-state index contributed by atoms with van der Waals surface area (Å²) in [4.78, 5) is 22.2. The van der Waals surface area contributed by atoms with E-state index in [1.807, 2.05) is 18.2 Å². The monoisotopic (exact) mass is 388 g/mol. The van der Waals surface area contributed by atoms with Crippen LogP contribution in [0.25, 0.3) is 17.0 Å². The summed E-state index contributed by atoms with van der Waals surface area (Å²) in [7, 11) is 1.60. The van der Waals surface area contributed by atoms with E-state index in [0.717, 1.165) is 49.1 Å². The Morgan fingerprint density at radius 2 is 1.72 bits per heavy atom. The molecule has 29 heavy (non-hydrogen) atoms. The molecule has 1 aromatic carbocycles.